The summed E-state index contributed by atoms with van der Waals surface area (Å²) in [6, 6.07) is 46.4. The van der Waals surface area contributed by atoms with Crippen molar-refractivity contribution in [3.05, 3.63) is 176 Å². The molecular formula is C44H36. The Hall–Kier alpha value is -5.46. The molecule has 0 aromatic heterocycles. The van der Waals surface area contributed by atoms with E-state index >= 15 is 0 Å². The molecule has 0 saturated heterocycles. The molecule has 0 saturated carbocycles. The third kappa shape index (κ3) is 5.16. The molecule has 0 atom stereocenters. The van der Waals surface area contributed by atoms with E-state index in [9.17, 15) is 0 Å². The average molecular weight is 565 g/mol. The van der Waals surface area contributed by atoms with Crippen molar-refractivity contribution < 1.29 is 0 Å². The third-order valence-electron chi connectivity index (χ3n) is 8.20. The number of hydrogen-bond donors (Lipinski definition) is 0. The highest BCUT2D eigenvalue weighted by molar-refractivity contribution is 6.24. The lowest BCUT2D eigenvalue weighted by Crippen LogP contribution is -1.92. The van der Waals surface area contributed by atoms with Crippen molar-refractivity contribution in [2.45, 2.75) is 13.8 Å². The fraction of sp³-hybridized carbons (Fsp3) is 0.0455. The van der Waals surface area contributed by atoms with Gasteiger partial charge < -0.3 is 0 Å². The van der Waals surface area contributed by atoms with Gasteiger partial charge in [0.05, 0.1) is 0 Å². The summed E-state index contributed by atoms with van der Waals surface area (Å²) in [5.74, 6) is 0. The normalized spacial score (nSPS) is 11.6. The Labute approximate surface area is 260 Å². The van der Waals surface area contributed by atoms with Crippen molar-refractivity contribution in [1.82, 2.24) is 0 Å². The highest BCUT2D eigenvalue weighted by atomic mass is 14.2. The van der Waals surface area contributed by atoms with E-state index in [0.717, 1.165) is 5.57 Å². The quantitative estimate of drug-likeness (QED) is 0.139. The van der Waals surface area contributed by atoms with E-state index < -0.39 is 0 Å². The summed E-state index contributed by atoms with van der Waals surface area (Å²) in [7, 11) is 0. The molecule has 0 heteroatoms. The zero-order chi connectivity index (χ0) is 30.5. The van der Waals surface area contributed by atoms with Gasteiger partial charge in [0.15, 0.2) is 0 Å². The van der Waals surface area contributed by atoms with E-state index in [1.54, 1.807) is 6.08 Å². The van der Waals surface area contributed by atoms with Gasteiger partial charge in [0, 0.05) is 0 Å². The van der Waals surface area contributed by atoms with Crippen molar-refractivity contribution in [2.24, 2.45) is 0 Å². The van der Waals surface area contributed by atoms with Gasteiger partial charge in [-0.3, -0.25) is 0 Å². The Balaban J connectivity index is 0.00000168. The summed E-state index contributed by atoms with van der Waals surface area (Å²) in [5, 5.41) is 10.0. The highest BCUT2D eigenvalue weighted by Crippen LogP contribution is 2.45. The van der Waals surface area contributed by atoms with Crippen molar-refractivity contribution in [2.75, 3.05) is 0 Å². The molecule has 0 aliphatic carbocycles. The maximum absolute atomic E-state index is 3.94. The topological polar surface area (TPSA) is 0 Å². The minimum absolute atomic E-state index is 1.03. The first-order chi connectivity index (χ1) is 21.8. The largest absolute Gasteiger partial charge is 0.0990 e. The van der Waals surface area contributed by atoms with E-state index in [1.807, 2.05) is 26.0 Å². The fourth-order valence-corrected chi connectivity index (χ4v) is 6.29. The van der Waals surface area contributed by atoms with Crippen LogP contribution < -0.4 is 0 Å². The van der Waals surface area contributed by atoms with E-state index in [2.05, 4.69) is 153 Å². The zero-order valence-electron chi connectivity index (χ0n) is 25.4. The van der Waals surface area contributed by atoms with E-state index in [0.29, 0.717) is 0 Å². The highest BCUT2D eigenvalue weighted by Gasteiger charge is 2.18. The first-order valence-electron chi connectivity index (χ1n) is 15.3. The molecule has 0 amide bonds. The van der Waals surface area contributed by atoms with Gasteiger partial charge in [-0.05, 0) is 82.5 Å². The SMILES string of the molecule is C=C/C=C(C=C)/C=C\c1cccc2c(-c3c4ccccc4c(-c4ccc5ccccc5c4)c4ccccc34)cccc12.CC. The van der Waals surface area contributed by atoms with Gasteiger partial charge >= 0.3 is 0 Å². The van der Waals surface area contributed by atoms with Gasteiger partial charge in [0.2, 0.25) is 0 Å². The number of fused-ring (bicyclic) bond motifs is 4. The predicted octanol–water partition coefficient (Wildman–Crippen LogP) is 13.0. The lowest BCUT2D eigenvalue weighted by atomic mass is 9.84. The van der Waals surface area contributed by atoms with Crippen LogP contribution in [0.5, 0.6) is 0 Å². The first-order valence-corrected chi connectivity index (χ1v) is 15.3. The number of hydrogen-bond acceptors (Lipinski definition) is 0. The summed E-state index contributed by atoms with van der Waals surface area (Å²) in [5.41, 5.74) is 7.24. The molecule has 0 heterocycles. The molecule has 0 aliphatic rings. The van der Waals surface area contributed by atoms with Crippen LogP contribution in [0.2, 0.25) is 0 Å². The standard InChI is InChI=1S/C42H30.C2H6/c1-3-13-29(4-2)24-25-31-16-11-22-35-34(31)21-12-23-36(35)42-39-19-9-7-17-37(39)41(38-18-8-10-20-40(38)42)33-27-26-30-14-5-6-15-32(30)28-33;1-2/h3-28H,1-2H2;1-2H3/b25-24-,29-13+;. The van der Waals surface area contributed by atoms with Crippen LogP contribution in [0.1, 0.15) is 19.4 Å². The summed E-state index contributed by atoms with van der Waals surface area (Å²) >= 11 is 0. The molecule has 7 aromatic rings. The van der Waals surface area contributed by atoms with Crippen LogP contribution >= 0.6 is 0 Å². The molecule has 0 spiro atoms. The molecule has 0 aliphatic heterocycles. The van der Waals surface area contributed by atoms with Crippen LogP contribution in [0.15, 0.2) is 170 Å². The Morgan fingerprint density at radius 1 is 0.523 bits per heavy atom. The Morgan fingerprint density at radius 3 is 1.75 bits per heavy atom. The second-order valence-electron chi connectivity index (χ2n) is 10.6. The monoisotopic (exact) mass is 564 g/mol. The molecular weight excluding hydrogens is 528 g/mol. The second-order valence-corrected chi connectivity index (χ2v) is 10.6. The molecule has 7 rings (SSSR count). The van der Waals surface area contributed by atoms with Crippen LogP contribution in [-0.2, 0) is 0 Å². The van der Waals surface area contributed by atoms with Crippen LogP contribution in [0.25, 0.3) is 71.4 Å². The van der Waals surface area contributed by atoms with Gasteiger partial charge in [0.1, 0.15) is 0 Å². The Morgan fingerprint density at radius 2 is 1.09 bits per heavy atom. The maximum atomic E-state index is 3.94. The zero-order valence-corrected chi connectivity index (χ0v) is 25.4. The molecule has 0 fully saturated rings. The van der Waals surface area contributed by atoms with Gasteiger partial charge in [-0.1, -0.05) is 179 Å². The smallest absolute Gasteiger partial charge is 0.00201 e. The van der Waals surface area contributed by atoms with E-state index in [4.69, 9.17) is 0 Å². The van der Waals surface area contributed by atoms with Gasteiger partial charge in [-0.2, -0.15) is 0 Å². The second kappa shape index (κ2) is 12.8. The first kappa shape index (κ1) is 28.6. The molecule has 212 valence electrons. The van der Waals surface area contributed by atoms with Crippen molar-refractivity contribution in [1.29, 1.82) is 0 Å². The minimum atomic E-state index is 1.03. The summed E-state index contributed by atoms with van der Waals surface area (Å²) < 4.78 is 0. The maximum Gasteiger partial charge on any atom is -0.00201 e. The van der Waals surface area contributed by atoms with E-state index in [1.165, 1.54) is 70.9 Å². The molecule has 0 N–H and O–H groups in total. The molecule has 0 radical (unpaired) electrons. The molecule has 7 aromatic carbocycles. The fourth-order valence-electron chi connectivity index (χ4n) is 6.29. The summed E-state index contributed by atoms with van der Waals surface area (Å²) in [6.45, 7) is 11.8. The molecule has 0 nitrogen and oxygen atoms in total. The third-order valence-corrected chi connectivity index (χ3v) is 8.20. The Kier molecular flexibility index (Phi) is 8.34. The number of benzene rings is 7. The Bertz CT molecular complexity index is 2160. The van der Waals surface area contributed by atoms with Crippen molar-refractivity contribution >= 4 is 49.2 Å². The van der Waals surface area contributed by atoms with Gasteiger partial charge in [0.25, 0.3) is 0 Å². The van der Waals surface area contributed by atoms with Crippen LogP contribution in [0.4, 0.5) is 0 Å². The lowest BCUT2D eigenvalue weighted by Gasteiger charge is -2.19. The molecule has 0 unspecified atom stereocenters. The van der Waals surface area contributed by atoms with Crippen LogP contribution in [-0.4, -0.2) is 0 Å². The average Bonchev–Trinajstić information content (AvgIpc) is 3.09. The number of rotatable bonds is 6. The lowest BCUT2D eigenvalue weighted by molar-refractivity contribution is 1.50. The van der Waals surface area contributed by atoms with Gasteiger partial charge in [-0.25, -0.2) is 0 Å². The van der Waals surface area contributed by atoms with Crippen LogP contribution in [0.3, 0.4) is 0 Å². The van der Waals surface area contributed by atoms with Crippen LogP contribution in [0, 0.1) is 0 Å². The number of allylic oxidation sites excluding steroid dienone is 5. The molecule has 44 heavy (non-hydrogen) atoms. The summed E-state index contributed by atoms with van der Waals surface area (Å²) in [4.78, 5) is 0. The van der Waals surface area contributed by atoms with Crippen molar-refractivity contribution in [3.8, 4) is 22.3 Å². The minimum Gasteiger partial charge on any atom is -0.0990 e. The molecule has 0 bridgehead atoms. The van der Waals surface area contributed by atoms with E-state index in [-0.39, 0.29) is 0 Å². The summed E-state index contributed by atoms with van der Waals surface area (Å²) in [6.07, 6.45) is 9.88. The van der Waals surface area contributed by atoms with Gasteiger partial charge in [-0.15, -0.1) is 0 Å². The van der Waals surface area contributed by atoms with Crippen molar-refractivity contribution in [3.63, 3.8) is 0 Å². The predicted molar refractivity (Wildman–Crippen MR) is 196 cm³/mol.